The number of ether oxygens (including phenoxy) is 1. The van der Waals surface area contributed by atoms with Gasteiger partial charge < -0.3 is 15.4 Å². The van der Waals surface area contributed by atoms with Gasteiger partial charge in [-0.15, -0.1) is 0 Å². The molecule has 0 amide bonds. The molecule has 25 heavy (non-hydrogen) atoms. The maximum atomic E-state index is 6.15. The SMILES string of the molecule is CCOc1ccc(Nc2ccnc(Nc3cc(Cl)ccc3Cl)n2)cc1. The molecule has 0 saturated heterocycles. The highest BCUT2D eigenvalue weighted by Crippen LogP contribution is 2.27. The van der Waals surface area contributed by atoms with Crippen molar-refractivity contribution in [2.24, 2.45) is 0 Å². The van der Waals surface area contributed by atoms with Crippen LogP contribution in [0.1, 0.15) is 6.92 Å². The quantitative estimate of drug-likeness (QED) is 0.581. The summed E-state index contributed by atoms with van der Waals surface area (Å²) in [5, 5.41) is 7.41. The normalized spacial score (nSPS) is 10.4. The Bertz CT molecular complexity index is 856. The van der Waals surface area contributed by atoms with Crippen LogP contribution in [0, 0.1) is 0 Å². The summed E-state index contributed by atoms with van der Waals surface area (Å²) in [4.78, 5) is 8.63. The molecule has 1 aromatic heterocycles. The minimum absolute atomic E-state index is 0.417. The Kier molecular flexibility index (Phi) is 5.58. The van der Waals surface area contributed by atoms with E-state index in [-0.39, 0.29) is 0 Å². The number of anilines is 4. The van der Waals surface area contributed by atoms with Crippen LogP contribution in [0.4, 0.5) is 23.1 Å². The fourth-order valence-corrected chi connectivity index (χ4v) is 2.49. The third-order valence-electron chi connectivity index (χ3n) is 3.27. The van der Waals surface area contributed by atoms with Crippen molar-refractivity contribution < 1.29 is 4.74 Å². The lowest BCUT2D eigenvalue weighted by Crippen LogP contribution is -2.01. The average Bonchev–Trinajstić information content (AvgIpc) is 2.60. The number of nitrogens with one attached hydrogen (secondary N) is 2. The lowest BCUT2D eigenvalue weighted by Gasteiger charge is -2.10. The lowest BCUT2D eigenvalue weighted by atomic mass is 10.3. The van der Waals surface area contributed by atoms with Crippen molar-refractivity contribution in [3.05, 3.63) is 64.8 Å². The van der Waals surface area contributed by atoms with Crippen LogP contribution in [0.15, 0.2) is 54.7 Å². The van der Waals surface area contributed by atoms with Gasteiger partial charge in [0.05, 0.1) is 17.3 Å². The maximum Gasteiger partial charge on any atom is 0.229 e. The summed E-state index contributed by atoms with van der Waals surface area (Å²) in [5.74, 6) is 1.90. The van der Waals surface area contributed by atoms with Crippen molar-refractivity contribution in [1.29, 1.82) is 0 Å². The third-order valence-corrected chi connectivity index (χ3v) is 3.83. The standard InChI is InChI=1S/C18H16Cl2N4O/c1-2-25-14-6-4-13(5-7-14)22-17-9-10-21-18(24-17)23-16-11-12(19)3-8-15(16)20/h3-11H,2H2,1H3,(H2,21,22,23,24). The van der Waals surface area contributed by atoms with Gasteiger partial charge in [0.25, 0.3) is 0 Å². The predicted molar refractivity (Wildman–Crippen MR) is 103 cm³/mol. The molecular weight excluding hydrogens is 359 g/mol. The molecule has 0 atom stereocenters. The van der Waals surface area contributed by atoms with E-state index in [1.165, 1.54) is 0 Å². The summed E-state index contributed by atoms with van der Waals surface area (Å²) in [7, 11) is 0. The highest BCUT2D eigenvalue weighted by atomic mass is 35.5. The molecule has 0 aliphatic carbocycles. The van der Waals surface area contributed by atoms with Crippen molar-refractivity contribution in [2.75, 3.05) is 17.2 Å². The molecule has 0 saturated carbocycles. The van der Waals surface area contributed by atoms with Crippen molar-refractivity contribution >= 4 is 46.3 Å². The van der Waals surface area contributed by atoms with E-state index in [0.29, 0.717) is 34.1 Å². The fourth-order valence-electron chi connectivity index (χ4n) is 2.15. The number of rotatable bonds is 6. The highest BCUT2D eigenvalue weighted by molar-refractivity contribution is 6.35. The van der Waals surface area contributed by atoms with Gasteiger partial charge >= 0.3 is 0 Å². The molecule has 0 aliphatic heterocycles. The average molecular weight is 375 g/mol. The van der Waals surface area contributed by atoms with Gasteiger partial charge in [0, 0.05) is 16.9 Å². The zero-order valence-electron chi connectivity index (χ0n) is 13.5. The minimum Gasteiger partial charge on any atom is -0.494 e. The molecule has 7 heteroatoms. The largest absolute Gasteiger partial charge is 0.494 e. The van der Waals surface area contributed by atoms with Crippen LogP contribution in [0.25, 0.3) is 0 Å². The van der Waals surface area contributed by atoms with Gasteiger partial charge in [0.2, 0.25) is 5.95 Å². The monoisotopic (exact) mass is 374 g/mol. The molecule has 0 fully saturated rings. The van der Waals surface area contributed by atoms with Crippen LogP contribution >= 0.6 is 23.2 Å². The fraction of sp³-hybridized carbons (Fsp3) is 0.111. The summed E-state index contributed by atoms with van der Waals surface area (Å²) in [6.45, 7) is 2.59. The molecule has 0 aliphatic rings. The number of hydrogen-bond acceptors (Lipinski definition) is 5. The van der Waals surface area contributed by atoms with Crippen LogP contribution in [0.2, 0.25) is 10.0 Å². The highest BCUT2D eigenvalue weighted by Gasteiger charge is 2.05. The molecule has 1 heterocycles. The van der Waals surface area contributed by atoms with E-state index in [1.807, 2.05) is 31.2 Å². The molecule has 0 spiro atoms. The first-order valence-electron chi connectivity index (χ1n) is 7.69. The molecular formula is C18H16Cl2N4O. The van der Waals surface area contributed by atoms with Crippen molar-refractivity contribution in [3.8, 4) is 5.75 Å². The van der Waals surface area contributed by atoms with E-state index in [4.69, 9.17) is 27.9 Å². The van der Waals surface area contributed by atoms with Crippen LogP contribution in [-0.2, 0) is 0 Å². The van der Waals surface area contributed by atoms with Crippen molar-refractivity contribution in [2.45, 2.75) is 6.92 Å². The topological polar surface area (TPSA) is 59.1 Å². The van der Waals surface area contributed by atoms with E-state index >= 15 is 0 Å². The third kappa shape index (κ3) is 4.75. The van der Waals surface area contributed by atoms with Crippen molar-refractivity contribution in [3.63, 3.8) is 0 Å². The van der Waals surface area contributed by atoms with E-state index in [1.54, 1.807) is 30.5 Å². The minimum atomic E-state index is 0.417. The molecule has 2 aromatic carbocycles. The van der Waals surface area contributed by atoms with Gasteiger partial charge in [0.1, 0.15) is 11.6 Å². The molecule has 0 radical (unpaired) electrons. The Hall–Kier alpha value is -2.50. The van der Waals surface area contributed by atoms with Gasteiger partial charge in [-0.05, 0) is 55.5 Å². The van der Waals surface area contributed by atoms with Crippen LogP contribution in [0.5, 0.6) is 5.75 Å². The van der Waals surface area contributed by atoms with Gasteiger partial charge in [-0.3, -0.25) is 0 Å². The molecule has 3 rings (SSSR count). The maximum absolute atomic E-state index is 6.15. The molecule has 128 valence electrons. The number of benzene rings is 2. The van der Waals surface area contributed by atoms with Crippen LogP contribution in [-0.4, -0.2) is 16.6 Å². The van der Waals surface area contributed by atoms with Gasteiger partial charge in [-0.25, -0.2) is 4.98 Å². The number of aromatic nitrogens is 2. The zero-order chi connectivity index (χ0) is 17.6. The Balaban J connectivity index is 1.74. The summed E-state index contributed by atoms with van der Waals surface area (Å²) in [6.07, 6.45) is 1.66. The van der Waals surface area contributed by atoms with E-state index < -0.39 is 0 Å². The van der Waals surface area contributed by atoms with E-state index in [0.717, 1.165) is 11.4 Å². The summed E-state index contributed by atoms with van der Waals surface area (Å²) >= 11 is 12.1. The second-order valence-corrected chi connectivity index (χ2v) is 5.94. The second kappa shape index (κ2) is 8.05. The molecule has 2 N–H and O–H groups in total. The van der Waals surface area contributed by atoms with E-state index in [2.05, 4.69) is 20.6 Å². The molecule has 5 nitrogen and oxygen atoms in total. The first-order valence-corrected chi connectivity index (χ1v) is 8.44. The lowest BCUT2D eigenvalue weighted by molar-refractivity contribution is 0.340. The summed E-state index contributed by atoms with van der Waals surface area (Å²) in [5.41, 5.74) is 1.54. The second-order valence-electron chi connectivity index (χ2n) is 5.10. The van der Waals surface area contributed by atoms with Gasteiger partial charge in [0.15, 0.2) is 0 Å². The zero-order valence-corrected chi connectivity index (χ0v) is 15.0. The van der Waals surface area contributed by atoms with Gasteiger partial charge in [-0.2, -0.15) is 4.98 Å². The summed E-state index contributed by atoms with van der Waals surface area (Å²) in [6, 6.07) is 14.6. The molecule has 0 unspecified atom stereocenters. The molecule has 3 aromatic rings. The number of hydrogen-bond donors (Lipinski definition) is 2. The predicted octanol–water partition coefficient (Wildman–Crippen LogP) is 5.67. The number of nitrogens with zero attached hydrogens (tertiary/aromatic N) is 2. The Labute approximate surface area is 156 Å². The first-order chi connectivity index (χ1) is 12.1. The Morgan fingerprint density at radius 3 is 2.56 bits per heavy atom. The van der Waals surface area contributed by atoms with Gasteiger partial charge in [-0.1, -0.05) is 23.2 Å². The Morgan fingerprint density at radius 2 is 1.80 bits per heavy atom. The number of halogens is 2. The van der Waals surface area contributed by atoms with E-state index in [9.17, 15) is 0 Å². The van der Waals surface area contributed by atoms with Crippen LogP contribution < -0.4 is 15.4 Å². The first kappa shape index (κ1) is 17.3. The van der Waals surface area contributed by atoms with Crippen molar-refractivity contribution in [1.82, 2.24) is 9.97 Å². The van der Waals surface area contributed by atoms with Crippen LogP contribution in [0.3, 0.4) is 0 Å². The Morgan fingerprint density at radius 1 is 1.00 bits per heavy atom. The molecule has 0 bridgehead atoms. The smallest absolute Gasteiger partial charge is 0.229 e. The summed E-state index contributed by atoms with van der Waals surface area (Å²) < 4.78 is 5.43.